The quantitative estimate of drug-likeness (QED) is 0.0507. The lowest BCUT2D eigenvalue weighted by molar-refractivity contribution is -0.118. The Bertz CT molecular complexity index is 2940. The van der Waals surface area contributed by atoms with Crippen LogP contribution >= 0.6 is 11.8 Å². The summed E-state index contributed by atoms with van der Waals surface area (Å²) in [6, 6.07) is 32.8. The summed E-state index contributed by atoms with van der Waals surface area (Å²) < 4.78 is 10.2. The molecule has 4 amide bonds. The van der Waals surface area contributed by atoms with Crippen LogP contribution in [-0.2, 0) is 19.1 Å². The summed E-state index contributed by atoms with van der Waals surface area (Å²) in [4.78, 5) is 103. The molecule has 6 aromatic rings. The lowest BCUT2D eigenvalue weighted by atomic mass is 10.1. The van der Waals surface area contributed by atoms with Crippen molar-refractivity contribution in [2.75, 3.05) is 36.2 Å². The highest BCUT2D eigenvalue weighted by molar-refractivity contribution is 7.99. The van der Waals surface area contributed by atoms with Gasteiger partial charge in [0.25, 0.3) is 23.6 Å². The monoisotopic (exact) mass is 888 g/mol. The maximum absolute atomic E-state index is 14.0. The maximum atomic E-state index is 14.0. The van der Waals surface area contributed by atoms with E-state index >= 15 is 0 Å². The number of hydrogen-bond donors (Lipinski definition) is 4. The molecule has 6 aromatic carbocycles. The van der Waals surface area contributed by atoms with Gasteiger partial charge in [-0.15, -0.1) is 0 Å². The number of amides is 4. The highest BCUT2D eigenvalue weighted by Gasteiger charge is 2.23. The van der Waals surface area contributed by atoms with Gasteiger partial charge in [-0.05, 0) is 121 Å². The molecule has 4 N–H and O–H groups in total. The van der Waals surface area contributed by atoms with E-state index in [4.69, 9.17) is 9.47 Å². The van der Waals surface area contributed by atoms with Gasteiger partial charge in [-0.1, -0.05) is 60.8 Å². The Balaban J connectivity index is 1.19. The molecule has 15 heteroatoms. The lowest BCUT2D eigenvalue weighted by Crippen LogP contribution is -2.22. The first-order chi connectivity index (χ1) is 31.2. The van der Waals surface area contributed by atoms with Crippen LogP contribution in [0.2, 0.25) is 0 Å². The van der Waals surface area contributed by atoms with Gasteiger partial charge in [0, 0.05) is 45.0 Å². The Hall–Kier alpha value is -8.43. The van der Waals surface area contributed by atoms with E-state index in [1.165, 1.54) is 49.5 Å². The van der Waals surface area contributed by atoms with Crippen molar-refractivity contribution in [3.8, 4) is 0 Å². The summed E-state index contributed by atoms with van der Waals surface area (Å²) in [6.45, 7) is 7.46. The molecule has 0 radical (unpaired) electrons. The summed E-state index contributed by atoms with van der Waals surface area (Å²) >= 11 is 1.09. The van der Waals surface area contributed by atoms with Crippen LogP contribution in [0, 0.1) is 6.92 Å². The molecular weight excluding hydrogens is 849 g/mol. The highest BCUT2D eigenvalue weighted by Crippen LogP contribution is 2.32. The number of carbonyl (C=O) groups excluding carboxylic acids is 8. The fourth-order valence-electron chi connectivity index (χ4n) is 6.25. The second-order valence-electron chi connectivity index (χ2n) is 14.2. The molecule has 0 spiro atoms. The van der Waals surface area contributed by atoms with Gasteiger partial charge in [-0.25, -0.2) is 9.59 Å². The molecule has 0 bridgehead atoms. The number of ether oxygens (including phenoxy) is 2. The summed E-state index contributed by atoms with van der Waals surface area (Å²) in [6.07, 6.45) is 2.00. The molecule has 14 nitrogen and oxygen atoms in total. The molecule has 0 aromatic heterocycles. The summed E-state index contributed by atoms with van der Waals surface area (Å²) in [5.41, 5.74) is 2.59. The van der Waals surface area contributed by atoms with Crippen molar-refractivity contribution in [1.82, 2.24) is 5.32 Å². The number of anilines is 3. The second kappa shape index (κ2) is 21.1. The minimum Gasteiger partial charge on any atom is -0.454 e. The third-order valence-electron chi connectivity index (χ3n) is 9.54. The second-order valence-corrected chi connectivity index (χ2v) is 15.3. The van der Waals surface area contributed by atoms with Crippen molar-refractivity contribution < 1.29 is 47.8 Å². The summed E-state index contributed by atoms with van der Waals surface area (Å²) in [7, 11) is 1.38. The average Bonchev–Trinajstić information content (AvgIpc) is 3.31. The first-order valence-electron chi connectivity index (χ1n) is 19.7. The molecule has 6 rings (SSSR count). The van der Waals surface area contributed by atoms with Gasteiger partial charge >= 0.3 is 11.9 Å². The van der Waals surface area contributed by atoms with Crippen molar-refractivity contribution in [3.63, 3.8) is 0 Å². The molecule has 0 aliphatic heterocycles. The third-order valence-corrected chi connectivity index (χ3v) is 10.5. The minimum absolute atomic E-state index is 0.0433. The molecule has 0 aliphatic carbocycles. The maximum Gasteiger partial charge on any atom is 0.339 e. The average molecular weight is 889 g/mol. The normalized spacial score (nSPS) is 10.5. The van der Waals surface area contributed by atoms with Crippen LogP contribution in [0.4, 0.5) is 17.1 Å². The standard InChI is InChI=1S/C50H40N4O10S/c1-5-37(55)27-63-49(61)41-19-17-39(25-43(41)47(59)51-4)65-40-18-20-42(50(62)64-28-38(56)6-2)44(26-40)48(60)54-34-12-8-11-33(24-34)46(58)53-36-16-14-30-22-35(15-13-31(30)23-36)52-45(57)32-10-7-9-29(3)21-32/h5-26H,1-2,27-28H2,3-4H3,(H,51,59)(H,52,57)(H,53,58)(H,54,60). The van der Waals surface area contributed by atoms with Crippen LogP contribution in [0.15, 0.2) is 156 Å². The number of hydrogen-bond acceptors (Lipinski definition) is 11. The van der Waals surface area contributed by atoms with Gasteiger partial charge < -0.3 is 30.7 Å². The van der Waals surface area contributed by atoms with E-state index in [9.17, 15) is 38.4 Å². The van der Waals surface area contributed by atoms with Gasteiger partial charge in [0.2, 0.25) is 0 Å². The largest absolute Gasteiger partial charge is 0.454 e. The predicted molar refractivity (Wildman–Crippen MR) is 247 cm³/mol. The highest BCUT2D eigenvalue weighted by atomic mass is 32.2. The van der Waals surface area contributed by atoms with E-state index < -0.39 is 54.4 Å². The molecule has 0 aliphatic rings. The molecule has 0 saturated carbocycles. The van der Waals surface area contributed by atoms with E-state index in [0.29, 0.717) is 26.7 Å². The van der Waals surface area contributed by atoms with Gasteiger partial charge in [0.1, 0.15) is 0 Å². The number of nitrogens with one attached hydrogen (secondary N) is 4. The molecular formula is C50H40N4O10S. The van der Waals surface area contributed by atoms with E-state index in [1.54, 1.807) is 48.5 Å². The smallest absolute Gasteiger partial charge is 0.339 e. The molecule has 0 heterocycles. The Labute approximate surface area is 377 Å². The van der Waals surface area contributed by atoms with E-state index in [-0.39, 0.29) is 39.4 Å². The molecule has 0 saturated heterocycles. The van der Waals surface area contributed by atoms with Gasteiger partial charge in [-0.3, -0.25) is 28.8 Å². The zero-order valence-corrected chi connectivity index (χ0v) is 35.8. The Morgan fingerprint density at radius 2 is 0.969 bits per heavy atom. The van der Waals surface area contributed by atoms with Gasteiger partial charge in [0.15, 0.2) is 24.8 Å². The number of carbonyl (C=O) groups is 8. The van der Waals surface area contributed by atoms with Crippen LogP contribution in [0.5, 0.6) is 0 Å². The summed E-state index contributed by atoms with van der Waals surface area (Å²) in [5, 5.41) is 12.6. The Morgan fingerprint density at radius 3 is 1.46 bits per heavy atom. The van der Waals surface area contributed by atoms with Gasteiger partial charge in [0.05, 0.1) is 22.3 Å². The van der Waals surface area contributed by atoms with Crippen LogP contribution in [0.25, 0.3) is 10.8 Å². The fourth-order valence-corrected chi connectivity index (χ4v) is 7.15. The van der Waals surface area contributed by atoms with Crippen LogP contribution in [0.1, 0.15) is 67.7 Å². The van der Waals surface area contributed by atoms with Crippen LogP contribution in [0.3, 0.4) is 0 Å². The number of fused-ring (bicyclic) bond motifs is 1. The Kier molecular flexibility index (Phi) is 15.0. The van der Waals surface area contributed by atoms with E-state index in [1.807, 2.05) is 37.3 Å². The zero-order valence-electron chi connectivity index (χ0n) is 35.0. The van der Waals surface area contributed by atoms with Gasteiger partial charge in [-0.2, -0.15) is 0 Å². The number of ketones is 2. The molecule has 0 unspecified atom stereocenters. The van der Waals surface area contributed by atoms with Crippen molar-refractivity contribution in [2.24, 2.45) is 0 Å². The van der Waals surface area contributed by atoms with Crippen molar-refractivity contribution in [1.29, 1.82) is 0 Å². The van der Waals surface area contributed by atoms with E-state index in [2.05, 4.69) is 34.4 Å². The van der Waals surface area contributed by atoms with Crippen LogP contribution in [-0.4, -0.2) is 67.4 Å². The van der Waals surface area contributed by atoms with Crippen molar-refractivity contribution >= 4 is 86.7 Å². The molecule has 0 fully saturated rings. The predicted octanol–water partition coefficient (Wildman–Crippen LogP) is 8.24. The summed E-state index contributed by atoms with van der Waals surface area (Å²) in [5.74, 6) is -5.02. The number of esters is 2. The minimum atomic E-state index is -0.964. The first-order valence-corrected chi connectivity index (χ1v) is 20.5. The zero-order chi connectivity index (χ0) is 46.6. The third kappa shape index (κ3) is 11.9. The number of rotatable bonds is 17. The van der Waals surface area contributed by atoms with Crippen molar-refractivity contribution in [3.05, 3.63) is 186 Å². The van der Waals surface area contributed by atoms with Crippen LogP contribution < -0.4 is 21.3 Å². The number of aryl methyl sites for hydroxylation is 1. The first kappa shape index (κ1) is 46.1. The Morgan fingerprint density at radius 1 is 0.508 bits per heavy atom. The topological polar surface area (TPSA) is 203 Å². The molecule has 65 heavy (non-hydrogen) atoms. The van der Waals surface area contributed by atoms with E-state index in [0.717, 1.165) is 40.2 Å². The SMILES string of the molecule is C=CC(=O)COC(=O)c1ccc(Sc2ccc(C(=O)OCC(=O)C=C)c(C(=O)Nc3cccc(C(=O)Nc4ccc5cc(NC(=O)c6cccc(C)c6)ccc5c4)c3)c2)cc1C(=O)NC. The molecule has 326 valence electrons. The molecule has 0 atom stereocenters. The number of benzene rings is 6. The fraction of sp³-hybridized carbons (Fsp3) is 0.0800. The lowest BCUT2D eigenvalue weighted by Gasteiger charge is -2.14. The van der Waals surface area contributed by atoms with Crippen molar-refractivity contribution in [2.45, 2.75) is 16.7 Å².